The maximum atomic E-state index is 10.1. The van der Waals surface area contributed by atoms with Crippen LogP contribution in [0.5, 0.6) is 0 Å². The van der Waals surface area contributed by atoms with E-state index in [9.17, 15) is 5.11 Å². The van der Waals surface area contributed by atoms with Gasteiger partial charge in [-0.3, -0.25) is 0 Å². The molecule has 1 N–H and O–H groups in total. The van der Waals surface area contributed by atoms with E-state index in [1.54, 1.807) is 6.08 Å². The smallest absolute Gasteiger partial charge is 0.0850 e. The van der Waals surface area contributed by atoms with Crippen molar-refractivity contribution in [3.05, 3.63) is 60.7 Å². The molecule has 0 aliphatic rings. The van der Waals surface area contributed by atoms with E-state index >= 15 is 0 Å². The highest BCUT2D eigenvalue weighted by Crippen LogP contribution is 2.25. The predicted octanol–water partition coefficient (Wildman–Crippen LogP) is 3.70. The number of hydrogen-bond acceptors (Lipinski definition) is 1. The summed E-state index contributed by atoms with van der Waals surface area (Å²) < 4.78 is 0. The molecule has 0 radical (unpaired) electrons. The Labute approximate surface area is 96.0 Å². The lowest BCUT2D eigenvalue weighted by atomic mass is 9.95. The first-order valence-corrected chi connectivity index (χ1v) is 5.51. The number of rotatable bonds is 3. The summed E-state index contributed by atoms with van der Waals surface area (Å²) in [5.41, 5.74) is 0.950. The average molecular weight is 212 g/mol. The van der Waals surface area contributed by atoms with Crippen LogP contribution in [0.1, 0.15) is 18.6 Å². The largest absolute Gasteiger partial charge is 0.388 e. The van der Waals surface area contributed by atoms with Gasteiger partial charge in [-0.25, -0.2) is 0 Å². The Hall–Kier alpha value is -1.60. The van der Waals surface area contributed by atoms with Crippen molar-refractivity contribution >= 4 is 10.8 Å². The molecule has 0 amide bonds. The first-order chi connectivity index (χ1) is 7.72. The zero-order chi connectivity index (χ0) is 11.5. The fraction of sp³-hybridized carbons (Fsp3) is 0.200. The molecule has 2 rings (SSSR count). The van der Waals surface area contributed by atoms with Crippen LogP contribution in [0, 0.1) is 5.92 Å². The molecule has 0 fully saturated rings. The number of aliphatic hydroxyl groups is 1. The van der Waals surface area contributed by atoms with Crippen LogP contribution in [0.3, 0.4) is 0 Å². The molecule has 2 aromatic carbocycles. The van der Waals surface area contributed by atoms with Crippen LogP contribution in [-0.4, -0.2) is 5.11 Å². The molecule has 0 aliphatic carbocycles. The summed E-state index contributed by atoms with van der Waals surface area (Å²) in [5.74, 6) is 0.0705. The SMILES string of the molecule is C=CC(C)C(O)c1ccc2ccccc2c1. The third-order valence-corrected chi connectivity index (χ3v) is 2.98. The normalized spacial score (nSPS) is 14.6. The van der Waals surface area contributed by atoms with E-state index in [-0.39, 0.29) is 5.92 Å². The van der Waals surface area contributed by atoms with Gasteiger partial charge in [0.15, 0.2) is 0 Å². The van der Waals surface area contributed by atoms with Crippen LogP contribution in [-0.2, 0) is 0 Å². The number of hydrogen-bond donors (Lipinski definition) is 1. The second-order valence-electron chi connectivity index (χ2n) is 4.15. The van der Waals surface area contributed by atoms with Gasteiger partial charge < -0.3 is 5.11 Å². The van der Waals surface area contributed by atoms with E-state index in [0.717, 1.165) is 10.9 Å². The highest BCUT2D eigenvalue weighted by Gasteiger charge is 2.13. The fourth-order valence-electron chi connectivity index (χ4n) is 1.82. The Bertz CT molecular complexity index is 502. The van der Waals surface area contributed by atoms with Crippen molar-refractivity contribution in [3.63, 3.8) is 0 Å². The molecule has 0 aromatic heterocycles. The van der Waals surface area contributed by atoms with Crippen LogP contribution in [0.25, 0.3) is 10.8 Å². The Morgan fingerprint density at radius 2 is 1.81 bits per heavy atom. The van der Waals surface area contributed by atoms with Gasteiger partial charge in [0.2, 0.25) is 0 Å². The maximum Gasteiger partial charge on any atom is 0.0850 e. The molecule has 0 saturated carbocycles. The third-order valence-electron chi connectivity index (χ3n) is 2.98. The summed E-state index contributed by atoms with van der Waals surface area (Å²) in [6.07, 6.45) is 1.31. The van der Waals surface area contributed by atoms with Crippen molar-refractivity contribution in [2.75, 3.05) is 0 Å². The zero-order valence-electron chi connectivity index (χ0n) is 9.43. The highest BCUT2D eigenvalue weighted by molar-refractivity contribution is 5.83. The molecule has 0 saturated heterocycles. The molecular weight excluding hydrogens is 196 g/mol. The minimum Gasteiger partial charge on any atom is -0.388 e. The first kappa shape index (κ1) is 10.9. The molecule has 0 aliphatic heterocycles. The summed E-state index contributed by atoms with van der Waals surface area (Å²) >= 11 is 0. The number of aliphatic hydroxyl groups excluding tert-OH is 1. The second kappa shape index (κ2) is 4.50. The highest BCUT2D eigenvalue weighted by atomic mass is 16.3. The van der Waals surface area contributed by atoms with Crippen molar-refractivity contribution in [1.29, 1.82) is 0 Å². The molecule has 82 valence electrons. The van der Waals surface area contributed by atoms with Gasteiger partial charge in [-0.15, -0.1) is 6.58 Å². The summed E-state index contributed by atoms with van der Waals surface area (Å²) in [5, 5.41) is 12.4. The van der Waals surface area contributed by atoms with Gasteiger partial charge in [0.05, 0.1) is 6.10 Å². The monoisotopic (exact) mass is 212 g/mol. The maximum absolute atomic E-state index is 10.1. The van der Waals surface area contributed by atoms with Crippen LogP contribution in [0.2, 0.25) is 0 Å². The van der Waals surface area contributed by atoms with Gasteiger partial charge in [-0.2, -0.15) is 0 Å². The average Bonchev–Trinajstić information content (AvgIpc) is 2.36. The van der Waals surface area contributed by atoms with Gasteiger partial charge in [-0.05, 0) is 22.4 Å². The lowest BCUT2D eigenvalue weighted by Crippen LogP contribution is -2.06. The number of fused-ring (bicyclic) bond motifs is 1. The topological polar surface area (TPSA) is 20.2 Å². The molecule has 0 bridgehead atoms. The zero-order valence-corrected chi connectivity index (χ0v) is 9.43. The molecule has 16 heavy (non-hydrogen) atoms. The van der Waals surface area contributed by atoms with Crippen LogP contribution >= 0.6 is 0 Å². The van der Waals surface area contributed by atoms with Crippen LogP contribution in [0.15, 0.2) is 55.1 Å². The molecule has 0 spiro atoms. The molecule has 1 heteroatoms. The Morgan fingerprint density at radius 3 is 2.50 bits per heavy atom. The Balaban J connectivity index is 2.42. The van der Waals surface area contributed by atoms with Crippen LogP contribution < -0.4 is 0 Å². The third kappa shape index (κ3) is 2.00. The van der Waals surface area contributed by atoms with E-state index in [1.165, 1.54) is 5.39 Å². The van der Waals surface area contributed by atoms with E-state index < -0.39 is 6.10 Å². The fourth-order valence-corrected chi connectivity index (χ4v) is 1.82. The molecular formula is C15H16O. The summed E-state index contributed by atoms with van der Waals surface area (Å²) in [7, 11) is 0. The predicted molar refractivity (Wildman–Crippen MR) is 68.3 cm³/mol. The van der Waals surface area contributed by atoms with Gasteiger partial charge in [0.25, 0.3) is 0 Å². The Morgan fingerprint density at radius 1 is 1.12 bits per heavy atom. The van der Waals surface area contributed by atoms with Crippen molar-refractivity contribution in [2.45, 2.75) is 13.0 Å². The lowest BCUT2D eigenvalue weighted by Gasteiger charge is -2.16. The van der Waals surface area contributed by atoms with Gasteiger partial charge in [0, 0.05) is 5.92 Å². The first-order valence-electron chi connectivity index (χ1n) is 5.51. The van der Waals surface area contributed by atoms with Crippen molar-refractivity contribution < 1.29 is 5.11 Å². The molecule has 2 atom stereocenters. The van der Waals surface area contributed by atoms with Crippen molar-refractivity contribution in [1.82, 2.24) is 0 Å². The van der Waals surface area contributed by atoms with Crippen LogP contribution in [0.4, 0.5) is 0 Å². The molecule has 2 aromatic rings. The number of benzene rings is 2. The minimum atomic E-state index is -0.470. The van der Waals surface area contributed by atoms with E-state index in [2.05, 4.69) is 18.7 Å². The van der Waals surface area contributed by atoms with Crippen molar-refractivity contribution in [2.24, 2.45) is 5.92 Å². The summed E-state index contributed by atoms with van der Waals surface area (Å²) in [6.45, 7) is 5.67. The van der Waals surface area contributed by atoms with Gasteiger partial charge in [0.1, 0.15) is 0 Å². The van der Waals surface area contributed by atoms with E-state index in [1.807, 2.05) is 37.3 Å². The lowest BCUT2D eigenvalue weighted by molar-refractivity contribution is 0.140. The molecule has 0 heterocycles. The second-order valence-corrected chi connectivity index (χ2v) is 4.15. The quantitative estimate of drug-likeness (QED) is 0.769. The van der Waals surface area contributed by atoms with Gasteiger partial charge >= 0.3 is 0 Å². The summed E-state index contributed by atoms with van der Waals surface area (Å²) in [6, 6.07) is 14.2. The van der Waals surface area contributed by atoms with E-state index in [4.69, 9.17) is 0 Å². The standard InChI is InChI=1S/C15H16O/c1-3-11(2)15(16)14-9-8-12-6-4-5-7-13(12)10-14/h3-11,15-16H,1H2,2H3. The summed E-state index contributed by atoms with van der Waals surface area (Å²) in [4.78, 5) is 0. The van der Waals surface area contributed by atoms with Gasteiger partial charge in [-0.1, -0.05) is 49.4 Å². The van der Waals surface area contributed by atoms with Crippen molar-refractivity contribution in [3.8, 4) is 0 Å². The molecule has 2 unspecified atom stereocenters. The minimum absolute atomic E-state index is 0.0705. The van der Waals surface area contributed by atoms with E-state index in [0.29, 0.717) is 0 Å². The molecule has 1 nitrogen and oxygen atoms in total. The Kier molecular flexibility index (Phi) is 3.07.